The fraction of sp³-hybridized carbons (Fsp3) is 0.182. The van der Waals surface area contributed by atoms with Crippen molar-refractivity contribution in [2.24, 2.45) is 0 Å². The molecule has 0 aliphatic heterocycles. The Balaban J connectivity index is 1.53. The molecule has 0 radical (unpaired) electrons. The molecule has 154 valence electrons. The molecule has 8 heteroatoms. The maximum atomic E-state index is 12.4. The number of thiazole rings is 1. The highest BCUT2D eigenvalue weighted by Crippen LogP contribution is 2.28. The third-order valence-electron chi connectivity index (χ3n) is 4.28. The second kappa shape index (κ2) is 9.80. The average molecular weight is 423 g/mol. The third-order valence-corrected chi connectivity index (χ3v) is 5.46. The summed E-state index contributed by atoms with van der Waals surface area (Å²) in [5.41, 5.74) is 7.56. The number of rotatable bonds is 6. The van der Waals surface area contributed by atoms with Crippen LogP contribution in [0.2, 0.25) is 0 Å². The monoisotopic (exact) mass is 423 g/mol. The predicted octanol–water partition coefficient (Wildman–Crippen LogP) is 3.30. The van der Waals surface area contributed by atoms with Crippen LogP contribution in [0.25, 0.3) is 10.6 Å². The molecule has 0 saturated heterocycles. The quantitative estimate of drug-likeness (QED) is 0.468. The van der Waals surface area contributed by atoms with Gasteiger partial charge in [0, 0.05) is 11.1 Å². The molecule has 0 atom stereocenters. The number of carbonyl (C=O) groups excluding carboxylic acids is 3. The zero-order chi connectivity index (χ0) is 21.5. The van der Waals surface area contributed by atoms with Crippen molar-refractivity contribution in [3.63, 3.8) is 0 Å². The molecule has 2 amide bonds. The highest BCUT2D eigenvalue weighted by Gasteiger charge is 2.19. The number of hydrogen-bond donors (Lipinski definition) is 2. The number of nitrogens with one attached hydrogen (secondary N) is 2. The molecule has 2 aromatic carbocycles. The summed E-state index contributed by atoms with van der Waals surface area (Å²) in [7, 11) is 0. The third kappa shape index (κ3) is 5.30. The Morgan fingerprint density at radius 2 is 1.70 bits per heavy atom. The number of nitrogens with zero attached hydrogens (tertiary/aromatic N) is 1. The maximum absolute atomic E-state index is 12.4. The summed E-state index contributed by atoms with van der Waals surface area (Å²) in [6.45, 7) is 3.28. The number of aromatic nitrogens is 1. The summed E-state index contributed by atoms with van der Waals surface area (Å²) in [6, 6.07) is 16.4. The van der Waals surface area contributed by atoms with Crippen LogP contribution in [0.4, 0.5) is 0 Å². The van der Waals surface area contributed by atoms with Gasteiger partial charge in [-0.15, -0.1) is 11.3 Å². The summed E-state index contributed by atoms with van der Waals surface area (Å²) >= 11 is 1.21. The number of benzene rings is 2. The summed E-state index contributed by atoms with van der Waals surface area (Å²) in [5, 5.41) is 0.710. The standard InChI is InChI=1S/C22H21N3O4S/c1-3-15-9-11-17(12-10-15)21-23-14(2)19(30-21)22(28)29-13-18(26)24-25-20(27)16-7-5-4-6-8-16/h4-12H,3,13H2,1-2H3,(H,24,26)(H,25,27). The number of aryl methyl sites for hydroxylation is 2. The molecule has 0 aliphatic carbocycles. The van der Waals surface area contributed by atoms with Gasteiger partial charge in [-0.3, -0.25) is 20.4 Å². The Kier molecular flexibility index (Phi) is 6.92. The van der Waals surface area contributed by atoms with Gasteiger partial charge in [0.05, 0.1) is 5.69 Å². The molecule has 3 aromatic rings. The molecule has 0 fully saturated rings. The van der Waals surface area contributed by atoms with E-state index >= 15 is 0 Å². The number of carbonyl (C=O) groups is 3. The van der Waals surface area contributed by atoms with E-state index in [2.05, 4.69) is 22.8 Å². The van der Waals surface area contributed by atoms with Gasteiger partial charge in [-0.05, 0) is 31.0 Å². The molecule has 0 bridgehead atoms. The Labute approximate surface area is 178 Å². The van der Waals surface area contributed by atoms with Crippen molar-refractivity contribution in [3.05, 3.63) is 76.3 Å². The predicted molar refractivity (Wildman–Crippen MR) is 114 cm³/mol. The van der Waals surface area contributed by atoms with Crippen LogP contribution in [0.1, 0.15) is 38.2 Å². The minimum Gasteiger partial charge on any atom is -0.451 e. The van der Waals surface area contributed by atoms with E-state index in [1.54, 1.807) is 37.3 Å². The Morgan fingerprint density at radius 3 is 2.37 bits per heavy atom. The van der Waals surface area contributed by atoms with E-state index in [1.807, 2.05) is 24.3 Å². The van der Waals surface area contributed by atoms with Gasteiger partial charge in [-0.2, -0.15) is 0 Å². The Hall–Kier alpha value is -3.52. The smallest absolute Gasteiger partial charge is 0.350 e. The van der Waals surface area contributed by atoms with E-state index in [1.165, 1.54) is 16.9 Å². The van der Waals surface area contributed by atoms with Gasteiger partial charge in [0.15, 0.2) is 6.61 Å². The molecule has 0 spiro atoms. The molecule has 0 saturated carbocycles. The summed E-state index contributed by atoms with van der Waals surface area (Å²) in [6.07, 6.45) is 0.947. The molecule has 1 aromatic heterocycles. The summed E-state index contributed by atoms with van der Waals surface area (Å²) in [5.74, 6) is -1.75. The summed E-state index contributed by atoms with van der Waals surface area (Å²) < 4.78 is 5.06. The van der Waals surface area contributed by atoms with E-state index in [9.17, 15) is 14.4 Å². The fourth-order valence-corrected chi connectivity index (χ4v) is 3.58. The van der Waals surface area contributed by atoms with Crippen LogP contribution >= 0.6 is 11.3 Å². The highest BCUT2D eigenvalue weighted by molar-refractivity contribution is 7.17. The lowest BCUT2D eigenvalue weighted by Gasteiger charge is -2.07. The lowest BCUT2D eigenvalue weighted by Crippen LogP contribution is -2.43. The van der Waals surface area contributed by atoms with Gasteiger partial charge in [0.2, 0.25) is 0 Å². The van der Waals surface area contributed by atoms with Gasteiger partial charge in [0.25, 0.3) is 11.8 Å². The van der Waals surface area contributed by atoms with Gasteiger partial charge < -0.3 is 4.74 Å². The first kappa shape index (κ1) is 21.2. The van der Waals surface area contributed by atoms with Crippen molar-refractivity contribution >= 4 is 29.1 Å². The average Bonchev–Trinajstić information content (AvgIpc) is 3.18. The minimum absolute atomic E-state index is 0.339. The number of ether oxygens (including phenoxy) is 1. The van der Waals surface area contributed by atoms with E-state index in [4.69, 9.17) is 4.74 Å². The van der Waals surface area contributed by atoms with Crippen molar-refractivity contribution < 1.29 is 19.1 Å². The molecule has 2 N–H and O–H groups in total. The van der Waals surface area contributed by atoms with Crippen LogP contribution < -0.4 is 10.9 Å². The largest absolute Gasteiger partial charge is 0.451 e. The van der Waals surface area contributed by atoms with Crippen LogP contribution in [0.5, 0.6) is 0 Å². The number of amides is 2. The van der Waals surface area contributed by atoms with Crippen molar-refractivity contribution in [1.82, 2.24) is 15.8 Å². The van der Waals surface area contributed by atoms with E-state index in [0.29, 0.717) is 21.1 Å². The zero-order valence-corrected chi connectivity index (χ0v) is 17.4. The van der Waals surface area contributed by atoms with Crippen LogP contribution in [-0.2, 0) is 16.0 Å². The second-order valence-electron chi connectivity index (χ2n) is 6.43. The van der Waals surface area contributed by atoms with Crippen LogP contribution in [0, 0.1) is 6.92 Å². The first-order valence-electron chi connectivity index (χ1n) is 9.36. The lowest BCUT2D eigenvalue weighted by atomic mass is 10.1. The summed E-state index contributed by atoms with van der Waals surface area (Å²) in [4.78, 5) is 40.9. The van der Waals surface area contributed by atoms with Crippen molar-refractivity contribution in [2.45, 2.75) is 20.3 Å². The van der Waals surface area contributed by atoms with Crippen LogP contribution in [0.3, 0.4) is 0 Å². The van der Waals surface area contributed by atoms with E-state index in [0.717, 1.165) is 12.0 Å². The molecule has 0 aliphatic rings. The molecular weight excluding hydrogens is 402 g/mol. The van der Waals surface area contributed by atoms with Crippen molar-refractivity contribution in [3.8, 4) is 10.6 Å². The lowest BCUT2D eigenvalue weighted by molar-refractivity contribution is -0.125. The zero-order valence-electron chi connectivity index (χ0n) is 16.6. The van der Waals surface area contributed by atoms with E-state index in [-0.39, 0.29) is 0 Å². The topological polar surface area (TPSA) is 97.4 Å². The van der Waals surface area contributed by atoms with Crippen LogP contribution in [-0.4, -0.2) is 29.4 Å². The van der Waals surface area contributed by atoms with Crippen molar-refractivity contribution in [1.29, 1.82) is 0 Å². The maximum Gasteiger partial charge on any atom is 0.350 e. The molecular formula is C22H21N3O4S. The van der Waals surface area contributed by atoms with Crippen molar-refractivity contribution in [2.75, 3.05) is 6.61 Å². The first-order valence-corrected chi connectivity index (χ1v) is 10.2. The highest BCUT2D eigenvalue weighted by atomic mass is 32.1. The minimum atomic E-state index is -0.648. The Morgan fingerprint density at radius 1 is 1.00 bits per heavy atom. The van der Waals surface area contributed by atoms with Gasteiger partial charge in [-0.1, -0.05) is 49.4 Å². The van der Waals surface area contributed by atoms with Gasteiger partial charge >= 0.3 is 5.97 Å². The second-order valence-corrected chi connectivity index (χ2v) is 7.43. The molecule has 1 heterocycles. The van der Waals surface area contributed by atoms with Gasteiger partial charge in [0.1, 0.15) is 9.88 Å². The Bertz CT molecular complexity index is 1050. The molecule has 30 heavy (non-hydrogen) atoms. The molecule has 3 rings (SSSR count). The van der Waals surface area contributed by atoms with Gasteiger partial charge in [-0.25, -0.2) is 9.78 Å². The number of hydrogen-bond acceptors (Lipinski definition) is 6. The first-order chi connectivity index (χ1) is 14.5. The fourth-order valence-electron chi connectivity index (χ4n) is 2.61. The molecule has 7 nitrogen and oxygen atoms in total. The number of hydrazine groups is 1. The normalized spacial score (nSPS) is 10.3. The van der Waals surface area contributed by atoms with Crippen LogP contribution in [0.15, 0.2) is 54.6 Å². The molecule has 0 unspecified atom stereocenters. The SMILES string of the molecule is CCc1ccc(-c2nc(C)c(C(=O)OCC(=O)NNC(=O)c3ccccc3)s2)cc1. The number of esters is 1. The van der Waals surface area contributed by atoms with E-state index < -0.39 is 24.4 Å².